The molecule has 4 nitrogen and oxygen atoms in total. The predicted molar refractivity (Wildman–Crippen MR) is 78.3 cm³/mol. The molecule has 1 heterocycles. The summed E-state index contributed by atoms with van der Waals surface area (Å²) < 4.78 is 11.3. The van der Waals surface area contributed by atoms with E-state index in [9.17, 15) is 9.00 Å². The number of carbonyl (C=O) groups excluding carboxylic acids is 1. The van der Waals surface area contributed by atoms with E-state index in [0.717, 1.165) is 18.4 Å². The monoisotopic (exact) mass is 280 g/mol. The van der Waals surface area contributed by atoms with Gasteiger partial charge in [0.1, 0.15) is 0 Å². The summed E-state index contributed by atoms with van der Waals surface area (Å²) in [5.74, 6) is 1.19. The number of anilines is 1. The zero-order valence-corrected chi connectivity index (χ0v) is 11.9. The van der Waals surface area contributed by atoms with Gasteiger partial charge in [-0.2, -0.15) is 0 Å². The first-order valence-corrected chi connectivity index (χ1v) is 8.06. The van der Waals surface area contributed by atoms with Gasteiger partial charge in [-0.05, 0) is 37.5 Å². The highest BCUT2D eigenvalue weighted by Crippen LogP contribution is 2.19. The van der Waals surface area contributed by atoms with Gasteiger partial charge in [-0.1, -0.05) is 12.1 Å². The van der Waals surface area contributed by atoms with Crippen molar-refractivity contribution in [2.45, 2.75) is 31.7 Å². The molecule has 1 atom stereocenters. The summed E-state index contributed by atoms with van der Waals surface area (Å²) in [5.41, 5.74) is 7.33. The van der Waals surface area contributed by atoms with E-state index in [-0.39, 0.29) is 17.9 Å². The molecule has 0 aliphatic carbocycles. The number of nitrogens with two attached hydrogens (primary N) is 1. The Hall–Kier alpha value is -1.36. The van der Waals surface area contributed by atoms with Crippen LogP contribution >= 0.6 is 0 Å². The summed E-state index contributed by atoms with van der Waals surface area (Å²) in [6.45, 7) is 1.88. The molecular weight excluding hydrogens is 260 g/mol. The minimum absolute atomic E-state index is 0.0169. The molecular formula is C14H20N2O2S. The average molecular weight is 280 g/mol. The van der Waals surface area contributed by atoms with Gasteiger partial charge in [-0.15, -0.1) is 0 Å². The second-order valence-corrected chi connectivity index (χ2v) is 6.72. The Morgan fingerprint density at radius 3 is 2.74 bits per heavy atom. The molecule has 1 amide bonds. The number of rotatable bonds is 3. The van der Waals surface area contributed by atoms with Gasteiger partial charge in [-0.3, -0.25) is 9.00 Å². The predicted octanol–water partition coefficient (Wildman–Crippen LogP) is 1.40. The van der Waals surface area contributed by atoms with Crippen molar-refractivity contribution >= 4 is 22.4 Å². The van der Waals surface area contributed by atoms with Crippen molar-refractivity contribution in [3.8, 4) is 0 Å². The van der Waals surface area contributed by atoms with Crippen LogP contribution in [0.1, 0.15) is 31.2 Å². The molecule has 104 valence electrons. The lowest BCUT2D eigenvalue weighted by Crippen LogP contribution is -2.41. The van der Waals surface area contributed by atoms with Gasteiger partial charge in [0.05, 0.1) is 5.92 Å². The van der Waals surface area contributed by atoms with E-state index >= 15 is 0 Å². The molecule has 1 aromatic rings. The SMILES string of the molecule is CC(C(=O)NC1CCS(=O)CC1)c1cccc(N)c1. The molecule has 0 saturated carbocycles. The quantitative estimate of drug-likeness (QED) is 0.822. The normalized spacial score (nSPS) is 24.7. The van der Waals surface area contributed by atoms with E-state index in [1.54, 1.807) is 0 Å². The van der Waals surface area contributed by atoms with Crippen molar-refractivity contribution in [1.82, 2.24) is 5.32 Å². The third-order valence-corrected chi connectivity index (χ3v) is 4.92. The van der Waals surface area contributed by atoms with E-state index < -0.39 is 10.8 Å². The highest BCUT2D eigenvalue weighted by molar-refractivity contribution is 7.85. The van der Waals surface area contributed by atoms with Crippen molar-refractivity contribution in [3.05, 3.63) is 29.8 Å². The summed E-state index contributed by atoms with van der Waals surface area (Å²) >= 11 is 0. The highest BCUT2D eigenvalue weighted by Gasteiger charge is 2.22. The van der Waals surface area contributed by atoms with Crippen LogP contribution in [0.5, 0.6) is 0 Å². The number of carbonyl (C=O) groups is 1. The van der Waals surface area contributed by atoms with Gasteiger partial charge in [0.25, 0.3) is 0 Å². The molecule has 1 aromatic carbocycles. The van der Waals surface area contributed by atoms with Crippen LogP contribution in [0.25, 0.3) is 0 Å². The van der Waals surface area contributed by atoms with Gasteiger partial charge >= 0.3 is 0 Å². The third kappa shape index (κ3) is 3.80. The number of nitrogen functional groups attached to an aromatic ring is 1. The molecule has 2 rings (SSSR count). The number of hydrogen-bond acceptors (Lipinski definition) is 3. The van der Waals surface area contributed by atoms with E-state index in [1.807, 2.05) is 31.2 Å². The third-order valence-electron chi connectivity index (χ3n) is 3.54. The second-order valence-electron chi connectivity index (χ2n) is 5.02. The van der Waals surface area contributed by atoms with Crippen molar-refractivity contribution in [2.75, 3.05) is 17.2 Å². The molecule has 0 bridgehead atoms. The summed E-state index contributed by atoms with van der Waals surface area (Å²) in [4.78, 5) is 12.2. The molecule has 19 heavy (non-hydrogen) atoms. The minimum atomic E-state index is -0.693. The average Bonchev–Trinajstić information content (AvgIpc) is 2.40. The first kappa shape index (κ1) is 14.1. The summed E-state index contributed by atoms with van der Waals surface area (Å²) in [7, 11) is -0.693. The lowest BCUT2D eigenvalue weighted by atomic mass is 9.99. The molecule has 3 N–H and O–H groups in total. The van der Waals surface area contributed by atoms with Crippen LogP contribution in [0.4, 0.5) is 5.69 Å². The first-order valence-electron chi connectivity index (χ1n) is 6.57. The number of nitrogens with one attached hydrogen (secondary N) is 1. The molecule has 0 spiro atoms. The fraction of sp³-hybridized carbons (Fsp3) is 0.500. The Bertz CT molecular complexity index is 480. The maximum Gasteiger partial charge on any atom is 0.227 e. The first-order chi connectivity index (χ1) is 9.06. The van der Waals surface area contributed by atoms with Crippen LogP contribution in [0.3, 0.4) is 0 Å². The topological polar surface area (TPSA) is 72.2 Å². The molecule has 1 aliphatic heterocycles. The van der Waals surface area contributed by atoms with Crippen LogP contribution in [0.15, 0.2) is 24.3 Å². The zero-order chi connectivity index (χ0) is 13.8. The van der Waals surface area contributed by atoms with Crippen molar-refractivity contribution < 1.29 is 9.00 Å². The lowest BCUT2D eigenvalue weighted by Gasteiger charge is -2.24. The van der Waals surface area contributed by atoms with E-state index in [1.165, 1.54) is 0 Å². The van der Waals surface area contributed by atoms with Gasteiger partial charge in [0, 0.05) is 34.0 Å². The molecule has 1 aliphatic rings. The van der Waals surface area contributed by atoms with Gasteiger partial charge in [0.15, 0.2) is 0 Å². The number of amides is 1. The molecule has 1 fully saturated rings. The van der Waals surface area contributed by atoms with Crippen molar-refractivity contribution in [1.29, 1.82) is 0 Å². The number of hydrogen-bond donors (Lipinski definition) is 2. The second kappa shape index (κ2) is 6.19. The minimum Gasteiger partial charge on any atom is -0.399 e. The standard InChI is InChI=1S/C14H20N2O2S/c1-10(11-3-2-4-12(15)9-11)14(17)16-13-5-7-19(18)8-6-13/h2-4,9-10,13H,5-8,15H2,1H3,(H,16,17). The molecule has 1 saturated heterocycles. The maximum atomic E-state index is 12.2. The smallest absolute Gasteiger partial charge is 0.227 e. The lowest BCUT2D eigenvalue weighted by molar-refractivity contribution is -0.123. The largest absolute Gasteiger partial charge is 0.399 e. The van der Waals surface area contributed by atoms with Crippen LogP contribution in [0, 0.1) is 0 Å². The molecule has 0 aromatic heterocycles. The van der Waals surface area contributed by atoms with Gasteiger partial charge in [-0.25, -0.2) is 0 Å². The van der Waals surface area contributed by atoms with E-state index in [2.05, 4.69) is 5.32 Å². The molecule has 5 heteroatoms. The Labute approximate surface area is 116 Å². The Kier molecular flexibility index (Phi) is 4.58. The van der Waals surface area contributed by atoms with E-state index in [0.29, 0.717) is 17.2 Å². The van der Waals surface area contributed by atoms with Crippen LogP contribution in [-0.2, 0) is 15.6 Å². The highest BCUT2D eigenvalue weighted by atomic mass is 32.2. The Morgan fingerprint density at radius 2 is 2.11 bits per heavy atom. The summed E-state index contributed by atoms with van der Waals surface area (Å²) in [6, 6.07) is 7.58. The fourth-order valence-electron chi connectivity index (χ4n) is 2.24. The summed E-state index contributed by atoms with van der Waals surface area (Å²) in [5, 5.41) is 3.04. The van der Waals surface area contributed by atoms with Crippen LogP contribution < -0.4 is 11.1 Å². The van der Waals surface area contributed by atoms with Crippen molar-refractivity contribution in [2.24, 2.45) is 0 Å². The molecule has 0 radical (unpaired) electrons. The van der Waals surface area contributed by atoms with Crippen molar-refractivity contribution in [3.63, 3.8) is 0 Å². The van der Waals surface area contributed by atoms with E-state index in [4.69, 9.17) is 5.73 Å². The Balaban J connectivity index is 1.94. The van der Waals surface area contributed by atoms with Gasteiger partial charge < -0.3 is 11.1 Å². The zero-order valence-electron chi connectivity index (χ0n) is 11.1. The van der Waals surface area contributed by atoms with Crippen LogP contribution in [0.2, 0.25) is 0 Å². The maximum absolute atomic E-state index is 12.2. The summed E-state index contributed by atoms with van der Waals surface area (Å²) in [6.07, 6.45) is 1.62. The van der Waals surface area contributed by atoms with Crippen LogP contribution in [-0.4, -0.2) is 27.7 Å². The fourth-order valence-corrected chi connectivity index (χ4v) is 3.54. The number of benzene rings is 1. The molecule has 1 unspecified atom stereocenters. The Morgan fingerprint density at radius 1 is 1.42 bits per heavy atom. The van der Waals surface area contributed by atoms with Gasteiger partial charge in [0.2, 0.25) is 5.91 Å².